The Morgan fingerprint density at radius 3 is 2.33 bits per heavy atom. The van der Waals surface area contributed by atoms with Gasteiger partial charge in [0.05, 0.1) is 41.0 Å². The summed E-state index contributed by atoms with van der Waals surface area (Å²) in [7, 11) is 0. The zero-order chi connectivity index (χ0) is 33.9. The Morgan fingerprint density at radius 2 is 1.63 bits per heavy atom. The highest BCUT2D eigenvalue weighted by Gasteiger charge is 2.27. The molecular weight excluding hydrogens is 626 g/mol. The third kappa shape index (κ3) is 7.49. The number of aromatic nitrogens is 5. The number of fused-ring (bicyclic) bond motifs is 1. The van der Waals surface area contributed by atoms with E-state index >= 15 is 0 Å². The molecule has 5 N–H and O–H groups in total. The number of aliphatic hydroxyl groups excluding tert-OH is 2. The number of piperidine rings is 1. The van der Waals surface area contributed by atoms with Gasteiger partial charge in [0.15, 0.2) is 6.35 Å². The third-order valence-electron chi connectivity index (χ3n) is 9.68. The standard InChI is InChI=1S/C34H43N11O4/c1-2-23-16-28-29(40-31(23)47)15-22(17-35-28)21-42-11-13-43(14-12-42)25-3-4-27(36-18-25)32(48)39-24-5-8-44(9-6-24)33-37-19-26(20-38-33)45-10-7-30(46)41-34(45)49/h3-4,15-20,24,30,34,41,46,49H,2,5-14,21H2,1H3,(H,39,48)(H,40,47). The number of hydrogen-bond acceptors (Lipinski definition) is 13. The van der Waals surface area contributed by atoms with Crippen LogP contribution in [0.15, 0.2) is 53.8 Å². The Morgan fingerprint density at radius 1 is 0.878 bits per heavy atom. The molecule has 49 heavy (non-hydrogen) atoms. The number of pyridine rings is 3. The summed E-state index contributed by atoms with van der Waals surface area (Å²) in [6.07, 6.45) is 8.02. The molecule has 2 atom stereocenters. The molecule has 1 amide bonds. The fourth-order valence-corrected chi connectivity index (χ4v) is 6.75. The van der Waals surface area contributed by atoms with E-state index in [4.69, 9.17) is 0 Å². The Bertz CT molecular complexity index is 1800. The summed E-state index contributed by atoms with van der Waals surface area (Å²) < 4.78 is 0. The largest absolute Gasteiger partial charge is 0.378 e. The van der Waals surface area contributed by atoms with E-state index in [1.807, 2.05) is 31.3 Å². The van der Waals surface area contributed by atoms with Crippen LogP contribution in [0.3, 0.4) is 0 Å². The van der Waals surface area contributed by atoms with Crippen LogP contribution in [0.25, 0.3) is 11.0 Å². The number of rotatable bonds is 8. The summed E-state index contributed by atoms with van der Waals surface area (Å²) in [6.45, 7) is 8.09. The van der Waals surface area contributed by atoms with E-state index in [1.54, 1.807) is 29.6 Å². The van der Waals surface area contributed by atoms with Gasteiger partial charge >= 0.3 is 0 Å². The van der Waals surface area contributed by atoms with Gasteiger partial charge in [-0.25, -0.2) is 20.3 Å². The normalized spacial score (nSPS) is 20.9. The maximum absolute atomic E-state index is 13.0. The van der Waals surface area contributed by atoms with Crippen LogP contribution >= 0.6 is 0 Å². The molecule has 0 bridgehead atoms. The van der Waals surface area contributed by atoms with Crippen LogP contribution in [0.1, 0.15) is 47.8 Å². The quantitative estimate of drug-likeness (QED) is 0.178. The first-order chi connectivity index (χ1) is 23.8. The molecule has 3 aliphatic heterocycles. The molecule has 4 aromatic heterocycles. The highest BCUT2D eigenvalue weighted by Crippen LogP contribution is 2.22. The molecule has 0 saturated carbocycles. The minimum Gasteiger partial charge on any atom is -0.378 e. The first kappa shape index (κ1) is 32.8. The number of nitrogens with one attached hydrogen (secondary N) is 3. The first-order valence-corrected chi connectivity index (χ1v) is 17.0. The van der Waals surface area contributed by atoms with Gasteiger partial charge in [0, 0.05) is 76.6 Å². The van der Waals surface area contributed by atoms with Crippen molar-refractivity contribution >= 4 is 34.3 Å². The molecule has 7 rings (SSSR count). The third-order valence-corrected chi connectivity index (χ3v) is 9.68. The predicted molar refractivity (Wildman–Crippen MR) is 185 cm³/mol. The van der Waals surface area contributed by atoms with Gasteiger partial charge in [-0.15, -0.1) is 0 Å². The van der Waals surface area contributed by atoms with Crippen LogP contribution in [0.4, 0.5) is 17.3 Å². The van der Waals surface area contributed by atoms with Crippen molar-refractivity contribution in [3.05, 3.63) is 76.2 Å². The molecule has 3 saturated heterocycles. The maximum atomic E-state index is 13.0. The summed E-state index contributed by atoms with van der Waals surface area (Å²) in [4.78, 5) is 54.8. The maximum Gasteiger partial charge on any atom is 0.270 e. The summed E-state index contributed by atoms with van der Waals surface area (Å²) in [5, 5.41) is 25.7. The molecular formula is C34H43N11O4. The van der Waals surface area contributed by atoms with Gasteiger partial charge in [-0.05, 0) is 49.1 Å². The zero-order valence-electron chi connectivity index (χ0n) is 27.6. The molecule has 4 aromatic rings. The van der Waals surface area contributed by atoms with Gasteiger partial charge in [0.2, 0.25) is 5.95 Å². The number of carbonyl (C=O) groups excluding carboxylic acids is 1. The van der Waals surface area contributed by atoms with Crippen LogP contribution in [0.2, 0.25) is 0 Å². The number of aliphatic hydroxyl groups is 2. The van der Waals surface area contributed by atoms with Crippen molar-refractivity contribution in [3.8, 4) is 0 Å². The molecule has 3 aliphatic rings. The van der Waals surface area contributed by atoms with Crippen LogP contribution < -0.4 is 30.9 Å². The average molecular weight is 670 g/mol. The number of hydrogen-bond donors (Lipinski definition) is 5. The molecule has 258 valence electrons. The number of amides is 1. The van der Waals surface area contributed by atoms with Crippen LogP contribution in [-0.2, 0) is 13.0 Å². The summed E-state index contributed by atoms with van der Waals surface area (Å²) in [5.41, 5.74) is 5.43. The van der Waals surface area contributed by atoms with Crippen molar-refractivity contribution < 1.29 is 15.0 Å². The van der Waals surface area contributed by atoms with E-state index in [1.165, 1.54) is 0 Å². The van der Waals surface area contributed by atoms with Gasteiger partial charge < -0.3 is 35.2 Å². The minimum absolute atomic E-state index is 0.0328. The Balaban J connectivity index is 0.857. The predicted octanol–water partition coefficient (Wildman–Crippen LogP) is 0.786. The van der Waals surface area contributed by atoms with Crippen molar-refractivity contribution in [3.63, 3.8) is 0 Å². The fraction of sp³-hybridized carbons (Fsp3) is 0.471. The lowest BCUT2D eigenvalue weighted by Gasteiger charge is -2.37. The molecule has 2 unspecified atom stereocenters. The van der Waals surface area contributed by atoms with E-state index in [0.717, 1.165) is 73.4 Å². The molecule has 0 spiro atoms. The SMILES string of the molecule is CCc1cc2ncc(CN3CCN(c4ccc(C(=O)NC5CCN(c6ncc(N7CCC(O)NC7O)cn6)CC5)nc4)CC3)cc2[nH]c1=O. The number of H-pyrrole nitrogens is 1. The second-order valence-electron chi connectivity index (χ2n) is 12.9. The monoisotopic (exact) mass is 669 g/mol. The molecule has 15 nitrogen and oxygen atoms in total. The number of aryl methyl sites for hydroxylation is 1. The second kappa shape index (κ2) is 14.4. The molecule has 0 radical (unpaired) electrons. The highest BCUT2D eigenvalue weighted by molar-refractivity contribution is 5.92. The molecule has 3 fully saturated rings. The first-order valence-electron chi connectivity index (χ1n) is 17.0. The van der Waals surface area contributed by atoms with Gasteiger partial charge in [-0.2, -0.15) is 0 Å². The van der Waals surface area contributed by atoms with Gasteiger partial charge in [-0.1, -0.05) is 6.92 Å². The zero-order valence-corrected chi connectivity index (χ0v) is 27.6. The Kier molecular flexibility index (Phi) is 9.66. The molecule has 0 aromatic carbocycles. The van der Waals surface area contributed by atoms with Crippen molar-refractivity contribution in [1.29, 1.82) is 0 Å². The molecule has 7 heterocycles. The topological polar surface area (TPSA) is 179 Å². The summed E-state index contributed by atoms with van der Waals surface area (Å²) >= 11 is 0. The summed E-state index contributed by atoms with van der Waals surface area (Å²) in [5.74, 6) is 0.435. The van der Waals surface area contributed by atoms with E-state index in [2.05, 4.69) is 50.3 Å². The van der Waals surface area contributed by atoms with Crippen molar-refractivity contribution in [2.45, 2.75) is 57.8 Å². The van der Waals surface area contributed by atoms with Crippen molar-refractivity contribution in [1.82, 2.24) is 40.5 Å². The summed E-state index contributed by atoms with van der Waals surface area (Å²) in [6, 6.07) is 7.69. The van der Waals surface area contributed by atoms with Crippen molar-refractivity contribution in [2.24, 2.45) is 0 Å². The lowest BCUT2D eigenvalue weighted by atomic mass is 10.1. The van der Waals surface area contributed by atoms with Crippen LogP contribution in [-0.4, -0.2) is 110 Å². The van der Waals surface area contributed by atoms with Crippen LogP contribution in [0.5, 0.6) is 0 Å². The van der Waals surface area contributed by atoms with Gasteiger partial charge in [0.1, 0.15) is 11.9 Å². The molecule has 15 heteroatoms. The van der Waals surface area contributed by atoms with E-state index in [-0.39, 0.29) is 17.5 Å². The highest BCUT2D eigenvalue weighted by atomic mass is 16.3. The van der Waals surface area contributed by atoms with E-state index in [9.17, 15) is 19.8 Å². The smallest absolute Gasteiger partial charge is 0.270 e. The molecule has 0 aliphatic carbocycles. The van der Waals surface area contributed by atoms with Crippen molar-refractivity contribution in [2.75, 3.05) is 60.5 Å². The van der Waals surface area contributed by atoms with E-state index < -0.39 is 12.6 Å². The van der Waals surface area contributed by atoms with Crippen LogP contribution in [0, 0.1) is 0 Å². The number of nitrogens with zero attached hydrogens (tertiary/aromatic N) is 8. The lowest BCUT2D eigenvalue weighted by molar-refractivity contribution is 0.0134. The average Bonchev–Trinajstić information content (AvgIpc) is 3.12. The Hall–Kier alpha value is -4.70. The number of piperazine rings is 1. The second-order valence-corrected chi connectivity index (χ2v) is 12.9. The van der Waals surface area contributed by atoms with Gasteiger partial charge in [0.25, 0.3) is 11.5 Å². The minimum atomic E-state index is -0.991. The number of anilines is 3. The van der Waals surface area contributed by atoms with Gasteiger partial charge in [-0.3, -0.25) is 19.5 Å². The Labute approximate surface area is 284 Å². The number of carbonyl (C=O) groups is 1. The van der Waals surface area contributed by atoms with E-state index in [0.29, 0.717) is 49.8 Å². The fourth-order valence-electron chi connectivity index (χ4n) is 6.75. The number of aromatic amines is 1. The lowest BCUT2D eigenvalue weighted by Crippen LogP contribution is -2.56.